The molecule has 0 unspecified atom stereocenters. The summed E-state index contributed by atoms with van der Waals surface area (Å²) in [7, 11) is 0. The summed E-state index contributed by atoms with van der Waals surface area (Å²) in [6.07, 6.45) is 0. The first kappa shape index (κ1) is 12.9. The number of nitrogens with zero attached hydrogens (tertiary/aromatic N) is 4. The average Bonchev–Trinajstić information content (AvgIpc) is 2.96. The van der Waals surface area contributed by atoms with Crippen LogP contribution in [0.4, 0.5) is 0 Å². The number of rotatable bonds is 4. The monoisotopic (exact) mass is 282 g/mol. The number of aromatic nitrogens is 4. The minimum atomic E-state index is 0.689. The van der Waals surface area contributed by atoms with E-state index < -0.39 is 0 Å². The van der Waals surface area contributed by atoms with Crippen LogP contribution in [0.25, 0.3) is 5.69 Å². The van der Waals surface area contributed by atoms with Gasteiger partial charge in [0.2, 0.25) is 5.16 Å². The Hall–Kier alpha value is -2.14. The molecule has 0 saturated heterocycles. The molecule has 0 amide bonds. The zero-order valence-electron chi connectivity index (χ0n) is 11.1. The third-order valence-electron chi connectivity index (χ3n) is 2.87. The van der Waals surface area contributed by atoms with E-state index in [-0.39, 0.29) is 0 Å². The van der Waals surface area contributed by atoms with Crippen molar-refractivity contribution in [3.63, 3.8) is 0 Å². The lowest BCUT2D eigenvalue weighted by Crippen LogP contribution is -1.98. The maximum atomic E-state index is 4.38. The van der Waals surface area contributed by atoms with Gasteiger partial charge in [-0.25, -0.2) is 0 Å². The van der Waals surface area contributed by atoms with Gasteiger partial charge in [0.05, 0.1) is 5.69 Å². The van der Waals surface area contributed by atoms with Crippen molar-refractivity contribution < 1.29 is 0 Å². The molecule has 0 radical (unpaired) electrons. The second-order valence-electron chi connectivity index (χ2n) is 4.47. The molecule has 0 aliphatic heterocycles. The van der Waals surface area contributed by atoms with E-state index in [2.05, 4.69) is 34.5 Å². The van der Waals surface area contributed by atoms with Gasteiger partial charge in [0.15, 0.2) is 0 Å². The molecule has 1 heterocycles. The number of benzene rings is 2. The van der Waals surface area contributed by atoms with Gasteiger partial charge in [0.25, 0.3) is 0 Å². The van der Waals surface area contributed by atoms with Crippen LogP contribution in [-0.2, 0) is 5.75 Å². The van der Waals surface area contributed by atoms with E-state index in [0.29, 0.717) is 5.16 Å². The second kappa shape index (κ2) is 5.88. The number of thioether (sulfide) groups is 1. The lowest BCUT2D eigenvalue weighted by Gasteiger charge is -1.98. The molecule has 0 bridgehead atoms. The molecular formula is C15H14N4S. The molecule has 0 N–H and O–H groups in total. The van der Waals surface area contributed by atoms with Gasteiger partial charge in [-0.15, -0.1) is 15.0 Å². The van der Waals surface area contributed by atoms with Crippen molar-refractivity contribution >= 4 is 11.8 Å². The third kappa shape index (κ3) is 3.05. The molecule has 100 valence electrons. The molecule has 0 aliphatic carbocycles. The van der Waals surface area contributed by atoms with Crippen molar-refractivity contribution in [3.8, 4) is 5.69 Å². The molecule has 0 aliphatic rings. The highest BCUT2D eigenvalue weighted by molar-refractivity contribution is 7.98. The summed E-state index contributed by atoms with van der Waals surface area (Å²) >= 11 is 1.59. The van der Waals surface area contributed by atoms with Crippen molar-refractivity contribution in [1.82, 2.24) is 20.2 Å². The fraction of sp³-hybridized carbons (Fsp3) is 0.133. The SMILES string of the molecule is Cc1ccc(-n2nnc(SCc3ccccc3)n2)cc1. The van der Waals surface area contributed by atoms with Crippen LogP contribution in [0.5, 0.6) is 0 Å². The first-order valence-electron chi connectivity index (χ1n) is 6.35. The van der Waals surface area contributed by atoms with E-state index in [4.69, 9.17) is 0 Å². The van der Waals surface area contributed by atoms with Gasteiger partial charge in [-0.05, 0) is 29.8 Å². The van der Waals surface area contributed by atoms with Gasteiger partial charge in [0, 0.05) is 5.75 Å². The summed E-state index contributed by atoms with van der Waals surface area (Å²) in [6.45, 7) is 2.06. The van der Waals surface area contributed by atoms with Crippen LogP contribution in [0, 0.1) is 6.92 Å². The normalized spacial score (nSPS) is 10.7. The predicted octanol–water partition coefficient (Wildman–Crippen LogP) is 3.26. The molecule has 0 spiro atoms. The van der Waals surface area contributed by atoms with Crippen molar-refractivity contribution in [1.29, 1.82) is 0 Å². The molecular weight excluding hydrogens is 268 g/mol. The van der Waals surface area contributed by atoms with E-state index in [1.165, 1.54) is 11.1 Å². The zero-order valence-corrected chi connectivity index (χ0v) is 11.9. The summed E-state index contributed by atoms with van der Waals surface area (Å²) in [4.78, 5) is 1.56. The third-order valence-corrected chi connectivity index (χ3v) is 3.77. The number of hydrogen-bond donors (Lipinski definition) is 0. The number of hydrogen-bond acceptors (Lipinski definition) is 4. The Labute approximate surface area is 121 Å². The maximum Gasteiger partial charge on any atom is 0.231 e. The van der Waals surface area contributed by atoms with Crippen molar-refractivity contribution in [3.05, 3.63) is 65.7 Å². The van der Waals surface area contributed by atoms with Gasteiger partial charge in [0.1, 0.15) is 0 Å². The van der Waals surface area contributed by atoms with Crippen LogP contribution in [-0.4, -0.2) is 20.2 Å². The number of aryl methyl sites for hydroxylation is 1. The number of tetrazole rings is 1. The second-order valence-corrected chi connectivity index (χ2v) is 5.41. The minimum absolute atomic E-state index is 0.689. The Morgan fingerprint density at radius 1 is 1.00 bits per heavy atom. The standard InChI is InChI=1S/C15H14N4S/c1-12-7-9-14(10-8-12)19-17-15(16-18-19)20-11-13-5-3-2-4-6-13/h2-10H,11H2,1H3. The lowest BCUT2D eigenvalue weighted by atomic mass is 10.2. The molecule has 0 fully saturated rings. The molecule has 0 saturated carbocycles. The van der Waals surface area contributed by atoms with Crippen LogP contribution in [0.2, 0.25) is 0 Å². The summed E-state index contributed by atoms with van der Waals surface area (Å²) in [5.74, 6) is 0.848. The van der Waals surface area contributed by atoms with Crippen molar-refractivity contribution in [2.24, 2.45) is 0 Å². The van der Waals surface area contributed by atoms with Gasteiger partial charge in [-0.1, -0.05) is 59.8 Å². The van der Waals surface area contributed by atoms with Crippen molar-refractivity contribution in [2.75, 3.05) is 0 Å². The molecule has 1 aromatic heterocycles. The van der Waals surface area contributed by atoms with E-state index in [1.54, 1.807) is 16.6 Å². The van der Waals surface area contributed by atoms with Gasteiger partial charge in [-0.3, -0.25) is 0 Å². The van der Waals surface area contributed by atoms with E-state index in [9.17, 15) is 0 Å². The highest BCUT2D eigenvalue weighted by atomic mass is 32.2. The van der Waals surface area contributed by atoms with E-state index in [0.717, 1.165) is 11.4 Å². The molecule has 3 aromatic rings. The Morgan fingerprint density at radius 3 is 2.50 bits per heavy atom. The Bertz CT molecular complexity index is 677. The fourth-order valence-electron chi connectivity index (χ4n) is 1.77. The van der Waals surface area contributed by atoms with Crippen LogP contribution in [0.15, 0.2) is 59.8 Å². The van der Waals surface area contributed by atoms with Crippen LogP contribution in [0.1, 0.15) is 11.1 Å². The van der Waals surface area contributed by atoms with Gasteiger partial charge in [-0.2, -0.15) is 0 Å². The smallest absolute Gasteiger partial charge is 0.130 e. The quantitative estimate of drug-likeness (QED) is 0.689. The molecule has 20 heavy (non-hydrogen) atoms. The summed E-state index contributed by atoms with van der Waals surface area (Å²) in [5.41, 5.74) is 3.39. The first-order chi connectivity index (χ1) is 9.81. The average molecular weight is 282 g/mol. The zero-order chi connectivity index (χ0) is 13.8. The summed E-state index contributed by atoms with van der Waals surface area (Å²) in [6, 6.07) is 18.3. The lowest BCUT2D eigenvalue weighted by molar-refractivity contribution is 0.716. The highest BCUT2D eigenvalue weighted by Gasteiger charge is 2.05. The Kier molecular flexibility index (Phi) is 3.78. The summed E-state index contributed by atoms with van der Waals surface area (Å²) in [5, 5.41) is 13.2. The molecule has 4 nitrogen and oxygen atoms in total. The maximum absolute atomic E-state index is 4.38. The molecule has 3 rings (SSSR count). The van der Waals surface area contributed by atoms with E-state index in [1.807, 2.05) is 42.5 Å². The Morgan fingerprint density at radius 2 is 1.75 bits per heavy atom. The van der Waals surface area contributed by atoms with Crippen molar-refractivity contribution in [2.45, 2.75) is 17.8 Å². The fourth-order valence-corrected chi connectivity index (χ4v) is 2.49. The topological polar surface area (TPSA) is 43.6 Å². The minimum Gasteiger partial charge on any atom is -0.130 e. The van der Waals surface area contributed by atoms with Gasteiger partial charge >= 0.3 is 0 Å². The van der Waals surface area contributed by atoms with E-state index >= 15 is 0 Å². The predicted molar refractivity (Wildman–Crippen MR) is 79.9 cm³/mol. The largest absolute Gasteiger partial charge is 0.231 e. The molecule has 5 heteroatoms. The molecule has 2 aromatic carbocycles. The Balaban J connectivity index is 1.69. The highest BCUT2D eigenvalue weighted by Crippen LogP contribution is 2.18. The van der Waals surface area contributed by atoms with Crippen LogP contribution < -0.4 is 0 Å². The van der Waals surface area contributed by atoms with Crippen LogP contribution in [0.3, 0.4) is 0 Å². The summed E-state index contributed by atoms with van der Waals surface area (Å²) < 4.78 is 0. The van der Waals surface area contributed by atoms with Crippen LogP contribution >= 0.6 is 11.8 Å². The molecule has 0 atom stereocenters. The first-order valence-corrected chi connectivity index (χ1v) is 7.33. The van der Waals surface area contributed by atoms with Gasteiger partial charge < -0.3 is 0 Å².